The molecule has 2 heterocycles. The minimum absolute atomic E-state index is 0.334. The normalized spacial score (nSPS) is 15.9. The number of fused-ring (bicyclic) bond motifs is 1. The quantitative estimate of drug-likeness (QED) is 0.883. The summed E-state index contributed by atoms with van der Waals surface area (Å²) >= 11 is 7.65. The molecule has 2 aromatic rings. The molecule has 0 fully saturated rings. The zero-order chi connectivity index (χ0) is 14.8. The number of nitrogens with zero attached hydrogens (tertiary/aromatic N) is 1. The number of thiophene rings is 1. The zero-order valence-electron chi connectivity index (χ0n) is 12.5. The molecule has 1 aliphatic rings. The fraction of sp³-hybridized carbons (Fsp3) is 0.412. The Bertz CT molecular complexity index is 623. The van der Waals surface area contributed by atoms with E-state index in [-0.39, 0.29) is 0 Å². The molecule has 3 rings (SSSR count). The molecule has 1 aliphatic heterocycles. The summed E-state index contributed by atoms with van der Waals surface area (Å²) in [5.74, 6) is 0. The van der Waals surface area contributed by atoms with Crippen LogP contribution < -0.4 is 10.2 Å². The molecule has 4 heteroatoms. The van der Waals surface area contributed by atoms with Gasteiger partial charge in [-0.25, -0.2) is 0 Å². The molecule has 21 heavy (non-hydrogen) atoms. The first-order valence-corrected chi connectivity index (χ1v) is 8.64. The van der Waals surface area contributed by atoms with Gasteiger partial charge in [-0.3, -0.25) is 0 Å². The highest BCUT2D eigenvalue weighted by Gasteiger charge is 2.14. The standard InChI is InChI=1S/C17H21ClN2S/c1-12(16-7-8-17(18)21-16)19-11-13-5-6-15-14(10-13)4-3-9-20(15)2/h5-8,10,12,19H,3-4,9,11H2,1-2H3. The first kappa shape index (κ1) is 14.9. The van der Waals surface area contributed by atoms with Crippen LogP contribution in [-0.2, 0) is 13.0 Å². The molecule has 0 saturated heterocycles. The van der Waals surface area contributed by atoms with Gasteiger partial charge in [0.25, 0.3) is 0 Å². The molecule has 1 aromatic carbocycles. The fourth-order valence-electron chi connectivity index (χ4n) is 2.88. The molecule has 1 N–H and O–H groups in total. The largest absolute Gasteiger partial charge is 0.374 e. The Morgan fingerprint density at radius 2 is 2.19 bits per heavy atom. The summed E-state index contributed by atoms with van der Waals surface area (Å²) in [6.45, 7) is 4.25. The van der Waals surface area contributed by atoms with E-state index in [2.05, 4.69) is 48.5 Å². The monoisotopic (exact) mass is 320 g/mol. The Morgan fingerprint density at radius 3 is 2.95 bits per heavy atom. The summed E-state index contributed by atoms with van der Waals surface area (Å²) < 4.78 is 0.857. The van der Waals surface area contributed by atoms with E-state index >= 15 is 0 Å². The van der Waals surface area contributed by atoms with Crippen LogP contribution in [0.1, 0.15) is 35.4 Å². The van der Waals surface area contributed by atoms with E-state index < -0.39 is 0 Å². The number of hydrogen-bond donors (Lipinski definition) is 1. The molecule has 1 atom stereocenters. The summed E-state index contributed by atoms with van der Waals surface area (Å²) in [6, 6.07) is 11.3. The third-order valence-electron chi connectivity index (χ3n) is 4.13. The first-order chi connectivity index (χ1) is 10.1. The Hall–Kier alpha value is -1.03. The maximum absolute atomic E-state index is 6.00. The SMILES string of the molecule is CC(NCc1ccc2c(c1)CCCN2C)c1ccc(Cl)s1. The molecule has 112 valence electrons. The highest BCUT2D eigenvalue weighted by molar-refractivity contribution is 7.16. The van der Waals surface area contributed by atoms with E-state index in [1.54, 1.807) is 11.3 Å². The molecule has 0 amide bonds. The minimum Gasteiger partial charge on any atom is -0.374 e. The lowest BCUT2D eigenvalue weighted by atomic mass is 9.99. The maximum Gasteiger partial charge on any atom is 0.0931 e. The second kappa shape index (κ2) is 6.39. The molecule has 0 spiro atoms. The topological polar surface area (TPSA) is 15.3 Å². The van der Waals surface area contributed by atoms with Gasteiger partial charge in [0.2, 0.25) is 0 Å². The highest BCUT2D eigenvalue weighted by Crippen LogP contribution is 2.28. The Kier molecular flexibility index (Phi) is 4.53. The van der Waals surface area contributed by atoms with Gasteiger partial charge < -0.3 is 10.2 Å². The molecule has 1 unspecified atom stereocenters. The van der Waals surface area contributed by atoms with Crippen molar-refractivity contribution in [1.29, 1.82) is 0 Å². The second-order valence-corrected chi connectivity index (χ2v) is 7.48. The molecule has 0 saturated carbocycles. The maximum atomic E-state index is 6.00. The number of halogens is 1. The van der Waals surface area contributed by atoms with Gasteiger partial charge in [0, 0.05) is 36.7 Å². The van der Waals surface area contributed by atoms with Crippen molar-refractivity contribution in [2.24, 2.45) is 0 Å². The van der Waals surface area contributed by atoms with Gasteiger partial charge in [0.15, 0.2) is 0 Å². The highest BCUT2D eigenvalue weighted by atomic mass is 35.5. The minimum atomic E-state index is 0.334. The molecular formula is C17H21ClN2S. The van der Waals surface area contributed by atoms with E-state index in [4.69, 9.17) is 11.6 Å². The number of benzene rings is 1. The van der Waals surface area contributed by atoms with Gasteiger partial charge in [-0.05, 0) is 49.1 Å². The van der Waals surface area contributed by atoms with E-state index in [1.807, 2.05) is 6.07 Å². The van der Waals surface area contributed by atoms with Crippen molar-refractivity contribution in [3.8, 4) is 0 Å². The van der Waals surface area contributed by atoms with Gasteiger partial charge in [0.05, 0.1) is 4.34 Å². The van der Waals surface area contributed by atoms with Crippen LogP contribution in [0.4, 0.5) is 5.69 Å². The molecule has 1 aromatic heterocycles. The Labute approximate surface area is 135 Å². The summed E-state index contributed by atoms with van der Waals surface area (Å²) in [6.07, 6.45) is 2.45. The predicted molar refractivity (Wildman–Crippen MR) is 92.6 cm³/mol. The number of rotatable bonds is 4. The molecule has 2 nitrogen and oxygen atoms in total. The lowest BCUT2D eigenvalue weighted by Gasteiger charge is -2.28. The number of nitrogens with one attached hydrogen (secondary N) is 1. The van der Waals surface area contributed by atoms with E-state index in [0.717, 1.165) is 10.9 Å². The number of hydrogen-bond acceptors (Lipinski definition) is 3. The van der Waals surface area contributed by atoms with Crippen molar-refractivity contribution in [2.75, 3.05) is 18.5 Å². The smallest absolute Gasteiger partial charge is 0.0931 e. The van der Waals surface area contributed by atoms with Crippen LogP contribution in [0.15, 0.2) is 30.3 Å². The third-order valence-corrected chi connectivity index (χ3v) is 5.54. The van der Waals surface area contributed by atoms with E-state index in [1.165, 1.54) is 41.1 Å². The molecule has 0 bridgehead atoms. The van der Waals surface area contributed by atoms with Crippen molar-refractivity contribution in [3.63, 3.8) is 0 Å². The molecule has 0 radical (unpaired) electrons. The van der Waals surface area contributed by atoms with Crippen molar-refractivity contribution in [1.82, 2.24) is 5.32 Å². The average Bonchev–Trinajstić information content (AvgIpc) is 2.91. The summed E-state index contributed by atoms with van der Waals surface area (Å²) in [7, 11) is 2.18. The Balaban J connectivity index is 1.65. The molecule has 0 aliphatic carbocycles. The van der Waals surface area contributed by atoms with Crippen LogP contribution in [0.25, 0.3) is 0 Å². The van der Waals surface area contributed by atoms with Crippen molar-refractivity contribution in [2.45, 2.75) is 32.4 Å². The lowest BCUT2D eigenvalue weighted by molar-refractivity contribution is 0.582. The third kappa shape index (κ3) is 3.42. The predicted octanol–water partition coefficient (Wildman–Crippen LogP) is 4.63. The first-order valence-electron chi connectivity index (χ1n) is 7.45. The second-order valence-electron chi connectivity index (χ2n) is 5.73. The average molecular weight is 321 g/mol. The lowest BCUT2D eigenvalue weighted by Crippen LogP contribution is -2.25. The van der Waals surface area contributed by atoms with Gasteiger partial charge in [-0.1, -0.05) is 23.7 Å². The number of aryl methyl sites for hydroxylation is 1. The van der Waals surface area contributed by atoms with Gasteiger partial charge >= 0.3 is 0 Å². The van der Waals surface area contributed by atoms with Crippen LogP contribution in [0.3, 0.4) is 0 Å². The number of anilines is 1. The van der Waals surface area contributed by atoms with Crippen LogP contribution in [0, 0.1) is 0 Å². The van der Waals surface area contributed by atoms with Gasteiger partial charge in [-0.2, -0.15) is 0 Å². The van der Waals surface area contributed by atoms with Crippen LogP contribution >= 0.6 is 22.9 Å². The van der Waals surface area contributed by atoms with E-state index in [0.29, 0.717) is 6.04 Å². The summed E-state index contributed by atoms with van der Waals surface area (Å²) in [5, 5.41) is 3.58. The Morgan fingerprint density at radius 1 is 1.33 bits per heavy atom. The van der Waals surface area contributed by atoms with Crippen molar-refractivity contribution < 1.29 is 0 Å². The van der Waals surface area contributed by atoms with Crippen molar-refractivity contribution >= 4 is 28.6 Å². The van der Waals surface area contributed by atoms with Crippen LogP contribution in [0.2, 0.25) is 4.34 Å². The summed E-state index contributed by atoms with van der Waals surface area (Å²) in [4.78, 5) is 3.64. The van der Waals surface area contributed by atoms with Crippen molar-refractivity contribution in [3.05, 3.63) is 50.7 Å². The zero-order valence-corrected chi connectivity index (χ0v) is 14.1. The van der Waals surface area contributed by atoms with Gasteiger partial charge in [-0.15, -0.1) is 11.3 Å². The van der Waals surface area contributed by atoms with Crippen LogP contribution in [-0.4, -0.2) is 13.6 Å². The molecular weight excluding hydrogens is 300 g/mol. The van der Waals surface area contributed by atoms with E-state index in [9.17, 15) is 0 Å². The summed E-state index contributed by atoms with van der Waals surface area (Å²) in [5.41, 5.74) is 4.23. The van der Waals surface area contributed by atoms with Gasteiger partial charge in [0.1, 0.15) is 0 Å². The fourth-order valence-corrected chi connectivity index (χ4v) is 3.97. The van der Waals surface area contributed by atoms with Crippen LogP contribution in [0.5, 0.6) is 0 Å².